The summed E-state index contributed by atoms with van der Waals surface area (Å²) < 4.78 is 0. The first-order chi connectivity index (χ1) is 12.8. The lowest BCUT2D eigenvalue weighted by molar-refractivity contribution is 0.736. The smallest absolute Gasteiger partial charge is 0.0710 e. The van der Waals surface area contributed by atoms with Crippen LogP contribution in [0.2, 0.25) is 0 Å². The van der Waals surface area contributed by atoms with Crippen LogP contribution in [-0.2, 0) is 5.41 Å². The molecular weight excluding hydrogens is 314 g/mol. The van der Waals surface area contributed by atoms with Crippen LogP contribution in [0.5, 0.6) is 0 Å². The molecule has 1 heteroatoms. The molecule has 0 fully saturated rings. The van der Waals surface area contributed by atoms with Gasteiger partial charge in [0.1, 0.15) is 0 Å². The van der Waals surface area contributed by atoms with Crippen LogP contribution in [0.25, 0.3) is 5.57 Å². The topological polar surface area (TPSA) is 26.0 Å². The van der Waals surface area contributed by atoms with E-state index in [1.807, 2.05) is 0 Å². The molecule has 0 heterocycles. The predicted molar refractivity (Wildman–Crippen MR) is 108 cm³/mol. The lowest BCUT2D eigenvalue weighted by atomic mass is 9.66. The first-order valence-corrected chi connectivity index (χ1v) is 9.21. The van der Waals surface area contributed by atoms with E-state index in [2.05, 4.69) is 97.1 Å². The summed E-state index contributed by atoms with van der Waals surface area (Å²) in [6.45, 7) is 0. The molecule has 2 N–H and O–H groups in total. The summed E-state index contributed by atoms with van der Waals surface area (Å²) in [4.78, 5) is 0. The molecule has 1 atom stereocenters. The molecule has 2 aliphatic rings. The third kappa shape index (κ3) is 2.01. The zero-order chi connectivity index (χ0) is 17.6. The van der Waals surface area contributed by atoms with Gasteiger partial charge in [-0.3, -0.25) is 0 Å². The number of allylic oxidation sites excluding steroid dienone is 2. The van der Waals surface area contributed by atoms with Crippen molar-refractivity contribution in [1.29, 1.82) is 0 Å². The van der Waals surface area contributed by atoms with E-state index in [-0.39, 0.29) is 11.5 Å². The van der Waals surface area contributed by atoms with Crippen molar-refractivity contribution < 1.29 is 0 Å². The lowest BCUT2D eigenvalue weighted by Crippen LogP contribution is -2.31. The van der Waals surface area contributed by atoms with Crippen molar-refractivity contribution >= 4 is 5.57 Å². The normalized spacial score (nSPS) is 20.0. The highest BCUT2D eigenvalue weighted by atomic mass is 14.6. The Hall–Kier alpha value is -2.90. The molecule has 0 radical (unpaired) electrons. The maximum atomic E-state index is 6.38. The fourth-order valence-corrected chi connectivity index (χ4v) is 4.67. The molecule has 1 nitrogen and oxygen atoms in total. The minimum absolute atomic E-state index is 0.0647. The molecule has 0 amide bonds. The number of hydrogen-bond acceptors (Lipinski definition) is 1. The van der Waals surface area contributed by atoms with E-state index < -0.39 is 0 Å². The highest BCUT2D eigenvalue weighted by Gasteiger charge is 2.48. The third-order valence-electron chi connectivity index (χ3n) is 5.70. The van der Waals surface area contributed by atoms with Gasteiger partial charge in [-0.15, -0.1) is 0 Å². The van der Waals surface area contributed by atoms with Crippen LogP contribution in [0.1, 0.15) is 28.7 Å². The van der Waals surface area contributed by atoms with Gasteiger partial charge in [0, 0.05) is 6.04 Å². The number of nitrogens with two attached hydrogens (primary N) is 1. The Bertz CT molecular complexity index is 973. The molecule has 5 rings (SSSR count). The molecular formula is C25H21N. The van der Waals surface area contributed by atoms with E-state index in [1.165, 1.54) is 33.4 Å². The van der Waals surface area contributed by atoms with E-state index >= 15 is 0 Å². The summed E-state index contributed by atoms with van der Waals surface area (Å²) in [5.41, 5.74) is 14.0. The van der Waals surface area contributed by atoms with E-state index in [9.17, 15) is 0 Å². The molecule has 3 aromatic carbocycles. The second kappa shape index (κ2) is 5.82. The van der Waals surface area contributed by atoms with Crippen molar-refractivity contribution in [2.75, 3.05) is 0 Å². The summed E-state index contributed by atoms with van der Waals surface area (Å²) in [7, 11) is 0. The van der Waals surface area contributed by atoms with Gasteiger partial charge in [0.25, 0.3) is 0 Å². The van der Waals surface area contributed by atoms with E-state index in [0.29, 0.717) is 0 Å². The molecule has 3 aromatic rings. The fraction of sp³-hybridized carbons (Fsp3) is 0.120. The Morgan fingerprint density at radius 3 is 1.96 bits per heavy atom. The Balaban J connectivity index is 1.94. The highest BCUT2D eigenvalue weighted by Crippen LogP contribution is 2.57. The minimum Gasteiger partial charge on any atom is -0.324 e. The molecule has 0 saturated heterocycles. The Morgan fingerprint density at radius 2 is 1.31 bits per heavy atom. The first kappa shape index (κ1) is 15.4. The Kier molecular flexibility index (Phi) is 3.44. The van der Waals surface area contributed by atoms with Crippen molar-refractivity contribution in [2.24, 2.45) is 5.73 Å². The van der Waals surface area contributed by atoms with Crippen LogP contribution in [0.15, 0.2) is 103 Å². The van der Waals surface area contributed by atoms with Gasteiger partial charge in [-0.1, -0.05) is 97.1 Å². The van der Waals surface area contributed by atoms with Crippen LogP contribution < -0.4 is 5.73 Å². The van der Waals surface area contributed by atoms with E-state index in [1.54, 1.807) is 0 Å². The first-order valence-electron chi connectivity index (χ1n) is 9.21. The van der Waals surface area contributed by atoms with Crippen molar-refractivity contribution in [3.05, 3.63) is 125 Å². The van der Waals surface area contributed by atoms with Gasteiger partial charge in [-0.2, -0.15) is 0 Å². The number of rotatable bonds is 2. The number of benzene rings is 3. The third-order valence-corrected chi connectivity index (χ3v) is 5.70. The van der Waals surface area contributed by atoms with Crippen LogP contribution in [-0.4, -0.2) is 6.04 Å². The second-order valence-corrected chi connectivity index (χ2v) is 7.13. The molecule has 26 heavy (non-hydrogen) atoms. The van der Waals surface area contributed by atoms with Gasteiger partial charge in [0.15, 0.2) is 0 Å². The summed E-state index contributed by atoms with van der Waals surface area (Å²) in [6.07, 6.45) is 5.51. The zero-order valence-corrected chi connectivity index (χ0v) is 14.6. The number of hydrogen-bond donors (Lipinski definition) is 1. The largest absolute Gasteiger partial charge is 0.324 e. The molecule has 0 aliphatic heterocycles. The molecule has 0 spiro atoms. The van der Waals surface area contributed by atoms with Crippen LogP contribution in [0.4, 0.5) is 0 Å². The van der Waals surface area contributed by atoms with Crippen molar-refractivity contribution in [2.45, 2.75) is 17.9 Å². The fourth-order valence-electron chi connectivity index (χ4n) is 4.67. The van der Waals surface area contributed by atoms with Gasteiger partial charge in [0.05, 0.1) is 5.41 Å². The van der Waals surface area contributed by atoms with Crippen LogP contribution >= 0.6 is 0 Å². The van der Waals surface area contributed by atoms with Gasteiger partial charge in [-0.05, 0) is 39.8 Å². The second-order valence-electron chi connectivity index (χ2n) is 7.13. The van der Waals surface area contributed by atoms with Crippen molar-refractivity contribution in [3.8, 4) is 0 Å². The molecule has 1 unspecified atom stereocenters. The summed E-state index contributed by atoms with van der Waals surface area (Å²) in [5, 5.41) is 0. The summed E-state index contributed by atoms with van der Waals surface area (Å²) >= 11 is 0. The average Bonchev–Trinajstić information content (AvgIpc) is 3.00. The summed E-state index contributed by atoms with van der Waals surface area (Å²) in [5.74, 6) is 0. The molecule has 2 aliphatic carbocycles. The Morgan fingerprint density at radius 1 is 0.731 bits per heavy atom. The van der Waals surface area contributed by atoms with Gasteiger partial charge < -0.3 is 5.73 Å². The van der Waals surface area contributed by atoms with Crippen LogP contribution in [0.3, 0.4) is 0 Å². The maximum absolute atomic E-state index is 6.38. The van der Waals surface area contributed by atoms with Crippen molar-refractivity contribution in [1.82, 2.24) is 0 Å². The monoisotopic (exact) mass is 335 g/mol. The average molecular weight is 335 g/mol. The van der Waals surface area contributed by atoms with Crippen LogP contribution in [0, 0.1) is 0 Å². The summed E-state index contributed by atoms with van der Waals surface area (Å²) in [6, 6.07) is 30.6. The number of fused-ring (bicyclic) bond motifs is 3. The zero-order valence-electron chi connectivity index (χ0n) is 14.6. The van der Waals surface area contributed by atoms with Crippen molar-refractivity contribution in [3.63, 3.8) is 0 Å². The van der Waals surface area contributed by atoms with E-state index in [0.717, 1.165) is 6.42 Å². The van der Waals surface area contributed by atoms with Gasteiger partial charge >= 0.3 is 0 Å². The lowest BCUT2D eigenvalue weighted by Gasteiger charge is -2.35. The molecule has 0 bridgehead atoms. The van der Waals surface area contributed by atoms with Gasteiger partial charge in [0.2, 0.25) is 0 Å². The molecule has 126 valence electrons. The quantitative estimate of drug-likeness (QED) is 0.695. The highest BCUT2D eigenvalue weighted by molar-refractivity contribution is 5.94. The predicted octanol–water partition coefficient (Wildman–Crippen LogP) is 5.08. The minimum atomic E-state index is -0.303. The maximum Gasteiger partial charge on any atom is 0.0710 e. The SMILES string of the molecule is NC1C=C2C(=CC1)c1ccccc1C2(c1ccccc1)c1ccccc1. The molecule has 0 saturated carbocycles. The molecule has 0 aromatic heterocycles. The van der Waals surface area contributed by atoms with E-state index in [4.69, 9.17) is 5.73 Å². The standard InChI is InChI=1S/C25H21N/c26-20-15-16-22-21-13-7-8-14-23(21)25(24(22)17-20,18-9-3-1-4-10-18)19-11-5-2-6-12-19/h1-14,16-17,20H,15,26H2. The Labute approximate surface area is 154 Å². The van der Waals surface area contributed by atoms with Gasteiger partial charge in [-0.25, -0.2) is 0 Å².